The van der Waals surface area contributed by atoms with Crippen molar-refractivity contribution in [1.29, 1.82) is 0 Å². The Morgan fingerprint density at radius 3 is 1.52 bits per heavy atom. The summed E-state index contributed by atoms with van der Waals surface area (Å²) in [6.07, 6.45) is 7.16. The van der Waals surface area contributed by atoms with Crippen LogP contribution in [0.15, 0.2) is 158 Å². The van der Waals surface area contributed by atoms with E-state index in [-0.39, 0.29) is 66.2 Å². The Kier molecular flexibility index (Phi) is 26.7. The van der Waals surface area contributed by atoms with Crippen LogP contribution in [0, 0.1) is 19.8 Å². The van der Waals surface area contributed by atoms with Gasteiger partial charge in [0.15, 0.2) is 11.4 Å². The summed E-state index contributed by atoms with van der Waals surface area (Å²) >= 11 is 0. The van der Waals surface area contributed by atoms with Crippen molar-refractivity contribution in [2.75, 3.05) is 38.0 Å². The van der Waals surface area contributed by atoms with Crippen molar-refractivity contribution < 1.29 is 68.4 Å². The number of ketones is 1. The van der Waals surface area contributed by atoms with Crippen molar-refractivity contribution in [3.8, 4) is 11.4 Å². The van der Waals surface area contributed by atoms with Crippen LogP contribution in [0.3, 0.4) is 0 Å². The Balaban J connectivity index is 0.000000266. The number of hydrogen-bond acceptors (Lipinski definition) is 18. The standard InChI is InChI=1S/C16H15N3O2.C14H11N3O2.C9H9N3.C9H8N2.C9H17NO4.Li.2H2O/c1-3-21-16(20)15-10-11(2)18-19(15)14-8-4-7-13-12(14)6-5-9-17-13;1-9-8-13(14(18)19)17(16-9)12-6-2-5-11-10(12)4-3-7-15-11;10-12-9-5-1-4-8-7(9)3-2-6-11-8;10-8-4-1-5-9-7(8)3-2-6-11-9;1-4-14-9(12)8(5-7(2)11)6-10-13-3;;;/h4-10H,3H2,1-2H3;2-8H,1H3,(H,18,19);1-6,12H,10H2;1-6H,10H2;8,10H,4-6H2,1-3H3;;2*1H2/q;;;;;+1;;/p-1. The number of aryl methyl sites for hydroxylation is 2. The fourth-order valence-electron chi connectivity index (χ4n) is 7.80. The molecule has 4 aromatic carbocycles. The summed E-state index contributed by atoms with van der Waals surface area (Å²) in [6, 6.07) is 41.4. The van der Waals surface area contributed by atoms with E-state index >= 15 is 0 Å². The molecule has 412 valence electrons. The maximum absolute atomic E-state index is 12.1. The average molecular weight is 1080 g/mol. The van der Waals surface area contributed by atoms with Crippen LogP contribution in [0.5, 0.6) is 0 Å². The van der Waals surface area contributed by atoms with Crippen LogP contribution in [0.25, 0.3) is 55.0 Å². The van der Waals surface area contributed by atoms with E-state index in [1.165, 1.54) is 18.7 Å². The Labute approximate surface area is 473 Å². The Morgan fingerprint density at radius 1 is 0.625 bits per heavy atom. The number of ether oxygens (including phenoxy) is 2. The number of carbonyl (C=O) groups excluding carboxylic acids is 3. The van der Waals surface area contributed by atoms with Crippen LogP contribution >= 0.6 is 0 Å². The van der Waals surface area contributed by atoms with E-state index in [4.69, 9.17) is 21.1 Å². The summed E-state index contributed by atoms with van der Waals surface area (Å²) in [6.45, 7) is 9.52. The topological polar surface area (TPSA) is 341 Å². The molecule has 6 aromatic heterocycles. The first-order valence-corrected chi connectivity index (χ1v) is 24.3. The number of pyridine rings is 4. The summed E-state index contributed by atoms with van der Waals surface area (Å²) in [5.74, 6) is 3.09. The maximum Gasteiger partial charge on any atom is 1.00 e. The second kappa shape index (κ2) is 32.7. The van der Waals surface area contributed by atoms with Gasteiger partial charge in [-0.25, -0.2) is 24.4 Å². The van der Waals surface area contributed by atoms with E-state index < -0.39 is 11.9 Å². The average Bonchev–Trinajstić information content (AvgIpc) is 4.15. The number of aromatic nitrogens is 8. The predicted octanol–water partition coefficient (Wildman–Crippen LogP) is 4.97. The summed E-state index contributed by atoms with van der Waals surface area (Å²) in [5.41, 5.74) is 19.7. The smallest absolute Gasteiger partial charge is 0.870 e. The third-order valence-electron chi connectivity index (χ3n) is 11.2. The minimum absolute atomic E-state index is 0. The number of anilines is 2. The number of Topliss-reactive ketones (excluding diaryl/α,β-unsaturated/α-hetero) is 1. The molecule has 0 spiro atoms. The zero-order valence-corrected chi connectivity index (χ0v) is 45.4. The van der Waals surface area contributed by atoms with Gasteiger partial charge < -0.3 is 46.3 Å². The van der Waals surface area contributed by atoms with Gasteiger partial charge in [0, 0.05) is 65.0 Å². The number of hydrogen-bond donors (Lipinski definition) is 5. The van der Waals surface area contributed by atoms with Crippen LogP contribution in [0.4, 0.5) is 11.4 Å². The number of carbonyl (C=O) groups is 4. The number of fused-ring (bicyclic) bond motifs is 4. The van der Waals surface area contributed by atoms with E-state index in [0.717, 1.165) is 72.1 Å². The number of benzene rings is 4. The molecule has 10 N–H and O–H groups in total. The molecule has 22 nitrogen and oxygen atoms in total. The van der Waals surface area contributed by atoms with E-state index in [1.807, 2.05) is 128 Å². The third kappa shape index (κ3) is 17.5. The molecule has 0 amide bonds. The molecule has 0 bridgehead atoms. The van der Waals surface area contributed by atoms with Gasteiger partial charge in [-0.3, -0.25) is 30.6 Å². The molecule has 0 saturated carbocycles. The van der Waals surface area contributed by atoms with Gasteiger partial charge >= 0.3 is 36.8 Å². The number of hydroxylamine groups is 1. The molecule has 0 radical (unpaired) electrons. The molecule has 80 heavy (non-hydrogen) atoms. The second-order valence-electron chi connectivity index (χ2n) is 16.7. The number of nitrogens with zero attached hydrogens (tertiary/aromatic N) is 8. The summed E-state index contributed by atoms with van der Waals surface area (Å²) in [7, 11) is 1.45. The SMILES string of the molecule is CCOC(=O)C(CNOC)CC(C)=O.CCOC(=O)c1cc(C)nn1-c1cccc2ncccc12.Cc1cc(C(=O)O)n(-c2cccc3ncccc23)n1.NNc1cccc2ncccc12.Nc1cccc2ncccc12.O.[Li+].[OH-]. The van der Waals surface area contributed by atoms with Crippen LogP contribution in [-0.2, 0) is 23.9 Å². The van der Waals surface area contributed by atoms with Crippen molar-refractivity contribution >= 4 is 78.7 Å². The number of esters is 2. The zero-order valence-electron chi connectivity index (χ0n) is 45.4. The first kappa shape index (κ1) is 65.3. The van der Waals surface area contributed by atoms with Gasteiger partial charge in [-0.05, 0) is 144 Å². The Morgan fingerprint density at radius 2 is 1.06 bits per heavy atom. The number of hydrazine groups is 1. The molecule has 0 aliphatic rings. The molecule has 1 unspecified atom stereocenters. The van der Waals surface area contributed by atoms with Gasteiger partial charge in [0.1, 0.15) is 5.78 Å². The number of carboxylic acids is 1. The third-order valence-corrected chi connectivity index (χ3v) is 11.2. The van der Waals surface area contributed by atoms with E-state index in [1.54, 1.807) is 62.4 Å². The summed E-state index contributed by atoms with van der Waals surface area (Å²) in [5, 5.41) is 21.8. The normalized spacial score (nSPS) is 10.4. The fourth-order valence-corrected chi connectivity index (χ4v) is 7.80. The van der Waals surface area contributed by atoms with Crippen LogP contribution < -0.4 is 41.3 Å². The summed E-state index contributed by atoms with van der Waals surface area (Å²) < 4.78 is 13.0. The number of nitrogens with one attached hydrogen (secondary N) is 2. The van der Waals surface area contributed by atoms with Crippen LogP contribution in [-0.4, -0.2) is 106 Å². The molecule has 6 heterocycles. The van der Waals surface area contributed by atoms with Crippen molar-refractivity contribution in [2.45, 2.75) is 41.0 Å². The van der Waals surface area contributed by atoms with E-state index in [2.05, 4.69) is 45.9 Å². The monoisotopic (exact) mass is 1080 g/mol. The molecule has 1 atom stereocenters. The molecular weight excluding hydrogens is 1020 g/mol. The molecule has 10 aromatic rings. The molecule has 0 fully saturated rings. The number of rotatable bonds is 13. The zero-order chi connectivity index (χ0) is 55.3. The first-order valence-electron chi connectivity index (χ1n) is 24.3. The van der Waals surface area contributed by atoms with Crippen molar-refractivity contribution in [3.05, 3.63) is 181 Å². The Hall–Kier alpha value is -8.98. The van der Waals surface area contributed by atoms with Crippen molar-refractivity contribution in [2.24, 2.45) is 11.8 Å². The molecule has 0 aliphatic carbocycles. The number of nitrogen functional groups attached to an aromatic ring is 2. The van der Waals surface area contributed by atoms with Gasteiger partial charge in [0.2, 0.25) is 0 Å². The molecule has 0 saturated heterocycles. The van der Waals surface area contributed by atoms with Gasteiger partial charge in [0.25, 0.3) is 0 Å². The largest absolute Gasteiger partial charge is 1.00 e. The van der Waals surface area contributed by atoms with E-state index in [0.29, 0.717) is 24.6 Å². The predicted molar refractivity (Wildman–Crippen MR) is 302 cm³/mol. The number of aromatic carboxylic acids is 1. The second-order valence-corrected chi connectivity index (χ2v) is 16.7. The van der Waals surface area contributed by atoms with Gasteiger partial charge in [0.05, 0.1) is 76.8 Å². The molecule has 10 rings (SSSR count). The van der Waals surface area contributed by atoms with Crippen molar-refractivity contribution in [1.82, 2.24) is 45.0 Å². The quantitative estimate of drug-likeness (QED) is 0.0334. The van der Waals surface area contributed by atoms with Gasteiger partial charge in [-0.1, -0.05) is 24.3 Å². The van der Waals surface area contributed by atoms with Crippen LogP contribution in [0.1, 0.15) is 59.6 Å². The minimum atomic E-state index is -0.999. The minimum Gasteiger partial charge on any atom is -0.870 e. The van der Waals surface area contributed by atoms with Gasteiger partial charge in [-0.2, -0.15) is 10.2 Å². The molecule has 0 aliphatic heterocycles. The molecular formula is C57H63LiN12O10. The van der Waals surface area contributed by atoms with Crippen LogP contribution in [0.2, 0.25) is 0 Å². The molecule has 23 heteroatoms. The summed E-state index contributed by atoms with van der Waals surface area (Å²) in [4.78, 5) is 67.1. The van der Waals surface area contributed by atoms with Gasteiger partial charge in [-0.15, -0.1) is 0 Å². The van der Waals surface area contributed by atoms with Crippen molar-refractivity contribution in [3.63, 3.8) is 0 Å². The Bertz CT molecular complexity index is 3590. The maximum atomic E-state index is 12.1. The number of carboxylic acid groups (broad SMARTS) is 1. The fraction of sp³-hybridized carbons (Fsp3) is 0.193. The first-order chi connectivity index (χ1) is 37.3. The van der Waals surface area contributed by atoms with E-state index in [9.17, 15) is 24.3 Å². The number of nitrogens with two attached hydrogens (primary N) is 2.